The molecule has 2 aromatic heterocycles. The Balaban J connectivity index is 1.81. The Morgan fingerprint density at radius 1 is 1.14 bits per heavy atom. The molecule has 1 aliphatic carbocycles. The minimum Gasteiger partial charge on any atom is -0.288 e. The Hall–Kier alpha value is -2.00. The number of hydrogen-bond acceptors (Lipinski definition) is 3. The van der Waals surface area contributed by atoms with Gasteiger partial charge in [0.25, 0.3) is 0 Å². The summed E-state index contributed by atoms with van der Waals surface area (Å²) in [6, 6.07) is 9.93. The van der Waals surface area contributed by atoms with E-state index >= 15 is 0 Å². The molecule has 0 aliphatic heterocycles. The van der Waals surface area contributed by atoms with Crippen LogP contribution in [0, 0.1) is 0 Å². The fraction of sp³-hybridized carbons (Fsp3) is 0.222. The highest BCUT2D eigenvalue weighted by atomic mass is 32.1. The second-order valence-corrected chi connectivity index (χ2v) is 6.63. The largest absolute Gasteiger partial charge is 0.288 e. The first kappa shape index (κ1) is 12.7. The zero-order chi connectivity index (χ0) is 14.2. The van der Waals surface area contributed by atoms with Gasteiger partial charge in [-0.05, 0) is 48.8 Å². The number of carbonyl (C=O) groups is 1. The average molecular weight is 293 g/mol. The third-order valence-corrected chi connectivity index (χ3v) is 5.38. The fourth-order valence-corrected chi connectivity index (χ4v) is 4.25. The van der Waals surface area contributed by atoms with Gasteiger partial charge in [0.2, 0.25) is 5.78 Å². The average Bonchev–Trinajstić information content (AvgIpc) is 2.97. The van der Waals surface area contributed by atoms with Gasteiger partial charge in [-0.25, -0.2) is 0 Å². The molecule has 0 saturated heterocycles. The Morgan fingerprint density at radius 2 is 2.05 bits per heavy atom. The first-order valence-corrected chi connectivity index (χ1v) is 8.13. The SMILES string of the molecule is O=C(c1cc2c(s1)CCCC2)c1cccc2ccncc12. The monoisotopic (exact) mass is 293 g/mol. The van der Waals surface area contributed by atoms with Crippen molar-refractivity contribution in [2.45, 2.75) is 25.7 Å². The summed E-state index contributed by atoms with van der Waals surface area (Å²) in [5.41, 5.74) is 2.15. The molecule has 0 fully saturated rings. The van der Waals surface area contributed by atoms with E-state index in [-0.39, 0.29) is 5.78 Å². The maximum absolute atomic E-state index is 12.9. The summed E-state index contributed by atoms with van der Waals surface area (Å²) in [6.45, 7) is 0. The lowest BCUT2D eigenvalue weighted by Crippen LogP contribution is -2.00. The Kier molecular flexibility index (Phi) is 3.08. The molecular formula is C18H15NOS. The van der Waals surface area contributed by atoms with Gasteiger partial charge in [0.1, 0.15) is 0 Å². The molecule has 3 heteroatoms. The van der Waals surface area contributed by atoms with Crippen LogP contribution in [-0.4, -0.2) is 10.8 Å². The van der Waals surface area contributed by atoms with Crippen LogP contribution in [0.2, 0.25) is 0 Å². The molecule has 21 heavy (non-hydrogen) atoms. The number of ketones is 1. The number of rotatable bonds is 2. The van der Waals surface area contributed by atoms with Crippen molar-refractivity contribution in [3.63, 3.8) is 0 Å². The van der Waals surface area contributed by atoms with Crippen molar-refractivity contribution >= 4 is 27.9 Å². The Bertz CT molecular complexity index is 805. The molecular weight excluding hydrogens is 278 g/mol. The van der Waals surface area contributed by atoms with Gasteiger partial charge in [0, 0.05) is 28.2 Å². The zero-order valence-corrected chi connectivity index (χ0v) is 12.5. The lowest BCUT2D eigenvalue weighted by Gasteiger charge is -2.08. The zero-order valence-electron chi connectivity index (χ0n) is 11.6. The number of thiophene rings is 1. The molecule has 0 atom stereocenters. The van der Waals surface area contributed by atoms with Crippen LogP contribution in [-0.2, 0) is 12.8 Å². The number of carbonyl (C=O) groups excluding carboxylic acids is 1. The molecule has 0 bridgehead atoms. The number of benzene rings is 1. The first-order valence-electron chi connectivity index (χ1n) is 7.32. The normalized spacial score (nSPS) is 14.1. The van der Waals surface area contributed by atoms with Gasteiger partial charge < -0.3 is 0 Å². The Morgan fingerprint density at radius 3 is 2.95 bits per heavy atom. The number of aromatic nitrogens is 1. The number of fused-ring (bicyclic) bond motifs is 2. The molecule has 0 spiro atoms. The fourth-order valence-electron chi connectivity index (χ4n) is 3.05. The van der Waals surface area contributed by atoms with Crippen molar-refractivity contribution in [2.24, 2.45) is 0 Å². The predicted octanol–water partition coefficient (Wildman–Crippen LogP) is 4.41. The quantitative estimate of drug-likeness (QED) is 0.655. The third kappa shape index (κ3) is 2.18. The van der Waals surface area contributed by atoms with Crippen molar-refractivity contribution in [3.8, 4) is 0 Å². The van der Waals surface area contributed by atoms with Gasteiger partial charge in [-0.2, -0.15) is 0 Å². The van der Waals surface area contributed by atoms with E-state index in [1.54, 1.807) is 23.7 Å². The van der Waals surface area contributed by atoms with Crippen molar-refractivity contribution in [1.82, 2.24) is 4.98 Å². The molecule has 4 rings (SSSR count). The molecule has 0 N–H and O–H groups in total. The van der Waals surface area contributed by atoms with E-state index in [9.17, 15) is 4.79 Å². The number of hydrogen-bond donors (Lipinski definition) is 0. The maximum Gasteiger partial charge on any atom is 0.203 e. The number of aryl methyl sites for hydroxylation is 2. The molecule has 0 unspecified atom stereocenters. The van der Waals surface area contributed by atoms with Crippen LogP contribution in [0.25, 0.3) is 10.8 Å². The lowest BCUT2D eigenvalue weighted by atomic mass is 9.98. The highest BCUT2D eigenvalue weighted by molar-refractivity contribution is 7.14. The molecule has 3 aromatic rings. The molecule has 1 aromatic carbocycles. The Labute approximate surface area is 127 Å². The summed E-state index contributed by atoms with van der Waals surface area (Å²) >= 11 is 1.68. The van der Waals surface area contributed by atoms with Crippen LogP contribution in [0.5, 0.6) is 0 Å². The van der Waals surface area contributed by atoms with Crippen LogP contribution < -0.4 is 0 Å². The van der Waals surface area contributed by atoms with E-state index < -0.39 is 0 Å². The minimum absolute atomic E-state index is 0.132. The second kappa shape index (κ2) is 5.08. The number of nitrogens with zero attached hydrogens (tertiary/aromatic N) is 1. The molecule has 2 nitrogen and oxygen atoms in total. The van der Waals surface area contributed by atoms with Gasteiger partial charge in [-0.15, -0.1) is 11.3 Å². The molecule has 1 aliphatic rings. The standard InChI is InChI=1S/C18H15NOS/c20-18(17-10-13-4-1-2-7-16(13)21-17)14-6-3-5-12-8-9-19-11-15(12)14/h3,5-6,8-11H,1-2,4,7H2. The van der Waals surface area contributed by atoms with E-state index in [1.165, 1.54) is 23.3 Å². The third-order valence-electron chi connectivity index (χ3n) is 4.15. The van der Waals surface area contributed by atoms with Crippen LogP contribution in [0.15, 0.2) is 42.7 Å². The van der Waals surface area contributed by atoms with Gasteiger partial charge in [-0.1, -0.05) is 18.2 Å². The van der Waals surface area contributed by atoms with E-state index in [1.807, 2.05) is 24.3 Å². The smallest absolute Gasteiger partial charge is 0.203 e. The molecule has 2 heterocycles. The maximum atomic E-state index is 12.9. The van der Waals surface area contributed by atoms with Gasteiger partial charge in [0.05, 0.1) is 4.88 Å². The lowest BCUT2D eigenvalue weighted by molar-refractivity contribution is 0.104. The second-order valence-electron chi connectivity index (χ2n) is 5.50. The molecule has 0 radical (unpaired) electrons. The molecule has 104 valence electrons. The van der Waals surface area contributed by atoms with Gasteiger partial charge in [-0.3, -0.25) is 9.78 Å². The minimum atomic E-state index is 0.132. The van der Waals surface area contributed by atoms with Gasteiger partial charge in [0.15, 0.2) is 0 Å². The van der Waals surface area contributed by atoms with Crippen molar-refractivity contribution < 1.29 is 4.79 Å². The van der Waals surface area contributed by atoms with Crippen molar-refractivity contribution in [2.75, 3.05) is 0 Å². The van der Waals surface area contributed by atoms with Crippen molar-refractivity contribution in [1.29, 1.82) is 0 Å². The highest BCUT2D eigenvalue weighted by Gasteiger charge is 2.19. The molecule has 0 saturated carbocycles. The van der Waals surface area contributed by atoms with Crippen LogP contribution in [0.3, 0.4) is 0 Å². The first-order chi connectivity index (χ1) is 10.3. The van der Waals surface area contributed by atoms with E-state index in [0.717, 1.165) is 34.1 Å². The highest BCUT2D eigenvalue weighted by Crippen LogP contribution is 2.32. The van der Waals surface area contributed by atoms with E-state index in [2.05, 4.69) is 11.1 Å². The topological polar surface area (TPSA) is 30.0 Å². The number of pyridine rings is 1. The van der Waals surface area contributed by atoms with E-state index in [4.69, 9.17) is 0 Å². The van der Waals surface area contributed by atoms with Crippen LogP contribution >= 0.6 is 11.3 Å². The predicted molar refractivity (Wildman–Crippen MR) is 86.1 cm³/mol. The van der Waals surface area contributed by atoms with Crippen LogP contribution in [0.4, 0.5) is 0 Å². The summed E-state index contributed by atoms with van der Waals surface area (Å²) < 4.78 is 0. The van der Waals surface area contributed by atoms with E-state index in [0.29, 0.717) is 0 Å². The van der Waals surface area contributed by atoms with Gasteiger partial charge >= 0.3 is 0 Å². The summed E-state index contributed by atoms with van der Waals surface area (Å²) in [5.74, 6) is 0.132. The summed E-state index contributed by atoms with van der Waals surface area (Å²) in [5, 5.41) is 2.01. The van der Waals surface area contributed by atoms with Crippen LogP contribution in [0.1, 0.15) is 38.5 Å². The summed E-state index contributed by atoms with van der Waals surface area (Å²) in [6.07, 6.45) is 8.30. The van der Waals surface area contributed by atoms with Crippen molar-refractivity contribution in [3.05, 3.63) is 63.6 Å². The molecule has 0 amide bonds. The summed E-state index contributed by atoms with van der Waals surface area (Å²) in [4.78, 5) is 19.3. The summed E-state index contributed by atoms with van der Waals surface area (Å²) in [7, 11) is 0.